The minimum atomic E-state index is -0.538. The number of nitrogens with zero attached hydrogens (tertiary/aromatic N) is 2. The number of hydrogen-bond acceptors (Lipinski definition) is 5. The molecule has 1 aromatic rings. The first-order chi connectivity index (χ1) is 10.3. The lowest BCUT2D eigenvalue weighted by Crippen LogP contribution is -2.44. The van der Waals surface area contributed by atoms with Crippen molar-refractivity contribution in [3.63, 3.8) is 0 Å². The number of morpholine rings is 1. The van der Waals surface area contributed by atoms with Gasteiger partial charge in [0.1, 0.15) is 11.7 Å². The van der Waals surface area contributed by atoms with Gasteiger partial charge in [0.2, 0.25) is 0 Å². The van der Waals surface area contributed by atoms with Crippen molar-refractivity contribution in [3.8, 4) is 6.07 Å². The van der Waals surface area contributed by atoms with Gasteiger partial charge < -0.3 is 20.1 Å². The first-order valence-corrected chi connectivity index (χ1v) is 7.19. The summed E-state index contributed by atoms with van der Waals surface area (Å²) in [5, 5.41) is 9.24. The van der Waals surface area contributed by atoms with Crippen molar-refractivity contribution < 1.29 is 14.3 Å². The smallest absolute Gasteiger partial charge is 0.410 e. The number of ether oxygens (including phenoxy) is 2. The summed E-state index contributed by atoms with van der Waals surface area (Å²) < 4.78 is 11.1. The van der Waals surface area contributed by atoms with Crippen molar-refractivity contribution >= 4 is 11.8 Å². The monoisotopic (exact) mass is 303 g/mol. The average Bonchev–Trinajstić information content (AvgIpc) is 2.45. The lowest BCUT2D eigenvalue weighted by Gasteiger charge is -2.34. The first kappa shape index (κ1) is 16.1. The van der Waals surface area contributed by atoms with Gasteiger partial charge in [-0.1, -0.05) is 6.07 Å². The molecule has 6 heteroatoms. The molecule has 1 atom stereocenters. The van der Waals surface area contributed by atoms with E-state index in [1.165, 1.54) is 0 Å². The molecule has 0 unspecified atom stereocenters. The summed E-state index contributed by atoms with van der Waals surface area (Å²) in [5.41, 5.74) is 6.90. The SMILES string of the molecule is CC(C)(C)OC(=O)N1CCO[C@@H](c2ccc(N)cc2C#N)C1. The summed E-state index contributed by atoms with van der Waals surface area (Å²) in [6.07, 6.45) is -0.716. The molecule has 1 heterocycles. The lowest BCUT2D eigenvalue weighted by atomic mass is 10.0. The summed E-state index contributed by atoms with van der Waals surface area (Å²) in [6.45, 7) is 6.72. The predicted molar refractivity (Wildman–Crippen MR) is 82.1 cm³/mol. The molecule has 1 amide bonds. The predicted octanol–water partition coefficient (Wildman–Crippen LogP) is 2.45. The summed E-state index contributed by atoms with van der Waals surface area (Å²) in [4.78, 5) is 13.8. The molecular formula is C16H21N3O3. The zero-order chi connectivity index (χ0) is 16.3. The summed E-state index contributed by atoms with van der Waals surface area (Å²) in [6, 6.07) is 7.24. The van der Waals surface area contributed by atoms with E-state index >= 15 is 0 Å². The summed E-state index contributed by atoms with van der Waals surface area (Å²) in [7, 11) is 0. The summed E-state index contributed by atoms with van der Waals surface area (Å²) in [5.74, 6) is 0. The molecule has 1 saturated heterocycles. The summed E-state index contributed by atoms with van der Waals surface area (Å²) >= 11 is 0. The van der Waals surface area contributed by atoms with Crippen LogP contribution < -0.4 is 5.73 Å². The lowest BCUT2D eigenvalue weighted by molar-refractivity contribution is -0.0433. The van der Waals surface area contributed by atoms with Crippen LogP contribution in [0.1, 0.15) is 38.0 Å². The van der Waals surface area contributed by atoms with Crippen LogP contribution >= 0.6 is 0 Å². The maximum absolute atomic E-state index is 12.2. The van der Waals surface area contributed by atoms with Crippen LogP contribution in [0, 0.1) is 11.3 Å². The highest BCUT2D eigenvalue weighted by molar-refractivity contribution is 5.68. The molecule has 118 valence electrons. The van der Waals surface area contributed by atoms with Gasteiger partial charge in [-0.25, -0.2) is 4.79 Å². The Labute approximate surface area is 130 Å². The molecule has 0 aromatic heterocycles. The van der Waals surface area contributed by atoms with Crippen LogP contribution in [0.5, 0.6) is 0 Å². The number of benzene rings is 1. The zero-order valence-corrected chi connectivity index (χ0v) is 13.1. The molecule has 1 aliphatic rings. The molecule has 22 heavy (non-hydrogen) atoms. The standard InChI is InChI=1S/C16H21N3O3/c1-16(2,3)22-15(20)19-6-7-21-14(10-19)13-5-4-12(18)8-11(13)9-17/h4-5,8,14H,6-7,10,18H2,1-3H3/t14-/m1/s1. The van der Waals surface area contributed by atoms with E-state index in [2.05, 4.69) is 6.07 Å². The van der Waals surface area contributed by atoms with Crippen molar-refractivity contribution in [1.29, 1.82) is 5.26 Å². The van der Waals surface area contributed by atoms with Crippen molar-refractivity contribution in [2.75, 3.05) is 25.4 Å². The van der Waals surface area contributed by atoms with E-state index in [9.17, 15) is 10.1 Å². The van der Waals surface area contributed by atoms with Crippen LogP contribution in [-0.4, -0.2) is 36.3 Å². The van der Waals surface area contributed by atoms with E-state index in [1.54, 1.807) is 23.1 Å². The van der Waals surface area contributed by atoms with Crippen LogP contribution in [0.4, 0.5) is 10.5 Å². The highest BCUT2D eigenvalue weighted by Gasteiger charge is 2.30. The van der Waals surface area contributed by atoms with Crippen LogP contribution in [0.2, 0.25) is 0 Å². The Morgan fingerprint density at radius 1 is 1.50 bits per heavy atom. The number of amides is 1. The third-order valence-electron chi connectivity index (χ3n) is 3.26. The maximum atomic E-state index is 12.2. The van der Waals surface area contributed by atoms with Gasteiger partial charge in [-0.2, -0.15) is 5.26 Å². The Bertz CT molecular complexity index is 602. The molecule has 6 nitrogen and oxygen atoms in total. The Hall–Kier alpha value is -2.26. The fourth-order valence-electron chi connectivity index (χ4n) is 2.28. The molecule has 2 N–H and O–H groups in total. The van der Waals surface area contributed by atoms with Gasteiger partial charge in [0.25, 0.3) is 0 Å². The van der Waals surface area contributed by atoms with Crippen molar-refractivity contribution in [3.05, 3.63) is 29.3 Å². The number of nitrogens with two attached hydrogens (primary N) is 1. The third-order valence-corrected chi connectivity index (χ3v) is 3.26. The molecule has 1 aromatic carbocycles. The minimum Gasteiger partial charge on any atom is -0.444 e. The van der Waals surface area contributed by atoms with E-state index in [0.717, 1.165) is 5.56 Å². The second-order valence-electron chi connectivity index (χ2n) is 6.24. The molecule has 0 saturated carbocycles. The molecule has 0 spiro atoms. The van der Waals surface area contributed by atoms with Crippen molar-refractivity contribution in [2.45, 2.75) is 32.5 Å². The Kier molecular flexibility index (Phi) is 4.57. The highest BCUT2D eigenvalue weighted by atomic mass is 16.6. The van der Waals surface area contributed by atoms with Crippen LogP contribution in [-0.2, 0) is 9.47 Å². The van der Waals surface area contributed by atoms with E-state index in [4.69, 9.17) is 15.2 Å². The van der Waals surface area contributed by atoms with Gasteiger partial charge in [-0.3, -0.25) is 0 Å². The molecule has 1 fully saturated rings. The van der Waals surface area contributed by atoms with Crippen LogP contribution in [0.25, 0.3) is 0 Å². The molecular weight excluding hydrogens is 282 g/mol. The number of nitriles is 1. The zero-order valence-electron chi connectivity index (χ0n) is 13.1. The number of anilines is 1. The fraction of sp³-hybridized carbons (Fsp3) is 0.500. The van der Waals surface area contributed by atoms with E-state index in [0.29, 0.717) is 30.9 Å². The van der Waals surface area contributed by atoms with E-state index < -0.39 is 5.60 Å². The normalized spacial score (nSPS) is 18.6. The number of carbonyl (C=O) groups is 1. The number of nitrogen functional groups attached to an aromatic ring is 1. The van der Waals surface area contributed by atoms with Crippen molar-refractivity contribution in [2.24, 2.45) is 0 Å². The molecule has 0 bridgehead atoms. The van der Waals surface area contributed by atoms with Gasteiger partial charge in [-0.05, 0) is 32.9 Å². The third kappa shape index (κ3) is 3.89. The number of rotatable bonds is 1. The van der Waals surface area contributed by atoms with Crippen LogP contribution in [0.3, 0.4) is 0 Å². The van der Waals surface area contributed by atoms with E-state index in [-0.39, 0.29) is 12.2 Å². The topological polar surface area (TPSA) is 88.6 Å². The second-order valence-corrected chi connectivity index (χ2v) is 6.24. The molecule has 0 aliphatic carbocycles. The van der Waals surface area contributed by atoms with Gasteiger partial charge in [-0.15, -0.1) is 0 Å². The molecule has 0 radical (unpaired) electrons. The van der Waals surface area contributed by atoms with Gasteiger partial charge in [0.05, 0.1) is 24.8 Å². The molecule has 2 rings (SSSR count). The second kappa shape index (κ2) is 6.24. The highest BCUT2D eigenvalue weighted by Crippen LogP contribution is 2.27. The number of carbonyl (C=O) groups excluding carboxylic acids is 1. The first-order valence-electron chi connectivity index (χ1n) is 7.19. The molecule has 1 aliphatic heterocycles. The Morgan fingerprint density at radius 3 is 2.86 bits per heavy atom. The Balaban J connectivity index is 2.14. The Morgan fingerprint density at radius 2 is 2.23 bits per heavy atom. The fourth-order valence-corrected chi connectivity index (χ4v) is 2.28. The van der Waals surface area contributed by atoms with Gasteiger partial charge >= 0.3 is 6.09 Å². The van der Waals surface area contributed by atoms with Crippen LogP contribution in [0.15, 0.2) is 18.2 Å². The quantitative estimate of drug-likeness (QED) is 0.805. The van der Waals surface area contributed by atoms with E-state index in [1.807, 2.05) is 20.8 Å². The largest absolute Gasteiger partial charge is 0.444 e. The number of hydrogen-bond donors (Lipinski definition) is 1. The van der Waals surface area contributed by atoms with Crippen molar-refractivity contribution in [1.82, 2.24) is 4.90 Å². The van der Waals surface area contributed by atoms with Gasteiger partial charge in [0.15, 0.2) is 0 Å². The minimum absolute atomic E-state index is 0.350. The maximum Gasteiger partial charge on any atom is 0.410 e. The average molecular weight is 303 g/mol. The van der Waals surface area contributed by atoms with Gasteiger partial charge in [0, 0.05) is 17.8 Å².